The fourth-order valence-electron chi connectivity index (χ4n) is 2.63. The first-order valence-corrected chi connectivity index (χ1v) is 8.24. The largest absolute Gasteiger partial charge is 0.0654 e. The van der Waals surface area contributed by atoms with Gasteiger partial charge in [0.2, 0.25) is 0 Å². The van der Waals surface area contributed by atoms with Gasteiger partial charge in [0.1, 0.15) is 0 Å². The highest BCUT2D eigenvalue weighted by atomic mass is 14.1. The third kappa shape index (κ3) is 10.9. The van der Waals surface area contributed by atoms with Gasteiger partial charge in [-0.1, -0.05) is 98.3 Å². The van der Waals surface area contributed by atoms with E-state index in [9.17, 15) is 0 Å². The van der Waals surface area contributed by atoms with Crippen LogP contribution in [0.2, 0.25) is 0 Å². The molecule has 0 aliphatic rings. The molecule has 0 fully saturated rings. The minimum Gasteiger partial charge on any atom is -0.0654 e. The first kappa shape index (κ1) is 17.0. The number of rotatable bonds is 12. The summed E-state index contributed by atoms with van der Waals surface area (Å²) in [5.74, 6) is 1.95. The highest BCUT2D eigenvalue weighted by molar-refractivity contribution is 4.60. The molecule has 0 rings (SSSR count). The van der Waals surface area contributed by atoms with Gasteiger partial charge in [-0.2, -0.15) is 0 Å². The van der Waals surface area contributed by atoms with Crippen LogP contribution in [-0.2, 0) is 0 Å². The fraction of sp³-hybridized carbons (Fsp3) is 1.00. The van der Waals surface area contributed by atoms with Crippen molar-refractivity contribution in [3.05, 3.63) is 0 Å². The van der Waals surface area contributed by atoms with E-state index in [1.807, 2.05) is 0 Å². The van der Waals surface area contributed by atoms with Crippen molar-refractivity contribution in [2.45, 2.75) is 98.3 Å². The predicted molar refractivity (Wildman–Crippen MR) is 80.5 cm³/mol. The molecule has 0 aliphatic heterocycles. The Bertz CT molecular complexity index is 135. The van der Waals surface area contributed by atoms with Gasteiger partial charge in [-0.3, -0.25) is 0 Å². The molecular weight excluding hydrogens is 204 g/mol. The fourth-order valence-corrected chi connectivity index (χ4v) is 2.63. The van der Waals surface area contributed by atoms with E-state index in [0.29, 0.717) is 0 Å². The molecule has 0 nitrogen and oxygen atoms in total. The van der Waals surface area contributed by atoms with E-state index in [2.05, 4.69) is 27.7 Å². The Morgan fingerprint density at radius 3 is 1.82 bits per heavy atom. The minimum atomic E-state index is 0.960. The Hall–Kier alpha value is 0. The SMILES string of the molecule is CCCCCCCCC(C)CCC(CC)CC. The summed E-state index contributed by atoms with van der Waals surface area (Å²) in [4.78, 5) is 0. The monoisotopic (exact) mass is 240 g/mol. The highest BCUT2D eigenvalue weighted by Gasteiger charge is 2.07. The van der Waals surface area contributed by atoms with Gasteiger partial charge in [0, 0.05) is 0 Å². The summed E-state index contributed by atoms with van der Waals surface area (Å²) < 4.78 is 0. The Labute approximate surface area is 111 Å². The van der Waals surface area contributed by atoms with Gasteiger partial charge in [0.15, 0.2) is 0 Å². The topological polar surface area (TPSA) is 0 Å². The summed E-state index contributed by atoms with van der Waals surface area (Å²) in [6.07, 6.45) is 15.8. The Morgan fingerprint density at radius 1 is 0.647 bits per heavy atom. The van der Waals surface area contributed by atoms with E-state index in [-0.39, 0.29) is 0 Å². The average molecular weight is 240 g/mol. The van der Waals surface area contributed by atoms with E-state index >= 15 is 0 Å². The molecule has 0 heteroatoms. The quantitative estimate of drug-likeness (QED) is 0.338. The van der Waals surface area contributed by atoms with Crippen LogP contribution in [0.5, 0.6) is 0 Å². The smallest absolute Gasteiger partial charge is 0.0419 e. The van der Waals surface area contributed by atoms with E-state index < -0.39 is 0 Å². The second-order valence-corrected chi connectivity index (χ2v) is 5.92. The lowest BCUT2D eigenvalue weighted by Crippen LogP contribution is -2.02. The van der Waals surface area contributed by atoms with E-state index in [4.69, 9.17) is 0 Å². The van der Waals surface area contributed by atoms with E-state index in [0.717, 1.165) is 11.8 Å². The molecule has 0 radical (unpaired) electrons. The van der Waals surface area contributed by atoms with Crippen molar-refractivity contribution in [1.82, 2.24) is 0 Å². The lowest BCUT2D eigenvalue weighted by molar-refractivity contribution is 0.370. The number of hydrogen-bond donors (Lipinski definition) is 0. The van der Waals surface area contributed by atoms with Crippen LogP contribution in [0.15, 0.2) is 0 Å². The summed E-state index contributed by atoms with van der Waals surface area (Å²) in [6.45, 7) is 9.42. The maximum atomic E-state index is 2.45. The molecule has 0 bridgehead atoms. The summed E-state index contributed by atoms with van der Waals surface area (Å²) in [6, 6.07) is 0. The van der Waals surface area contributed by atoms with Crippen molar-refractivity contribution in [2.75, 3.05) is 0 Å². The van der Waals surface area contributed by atoms with Gasteiger partial charge in [-0.25, -0.2) is 0 Å². The van der Waals surface area contributed by atoms with Gasteiger partial charge >= 0.3 is 0 Å². The van der Waals surface area contributed by atoms with Crippen LogP contribution in [0.1, 0.15) is 98.3 Å². The van der Waals surface area contributed by atoms with E-state index in [1.54, 1.807) is 0 Å². The average Bonchev–Trinajstić information content (AvgIpc) is 2.35. The maximum Gasteiger partial charge on any atom is -0.0419 e. The summed E-state index contributed by atoms with van der Waals surface area (Å²) in [5.41, 5.74) is 0. The third-order valence-electron chi connectivity index (χ3n) is 4.27. The lowest BCUT2D eigenvalue weighted by Gasteiger charge is -2.16. The molecule has 104 valence electrons. The van der Waals surface area contributed by atoms with Crippen molar-refractivity contribution in [2.24, 2.45) is 11.8 Å². The highest BCUT2D eigenvalue weighted by Crippen LogP contribution is 2.22. The lowest BCUT2D eigenvalue weighted by atomic mass is 9.90. The summed E-state index contributed by atoms with van der Waals surface area (Å²) in [5, 5.41) is 0. The van der Waals surface area contributed by atoms with Crippen LogP contribution in [0.25, 0.3) is 0 Å². The predicted octanol–water partition coefficient (Wildman–Crippen LogP) is 6.59. The molecule has 0 spiro atoms. The van der Waals surface area contributed by atoms with Gasteiger partial charge in [0.05, 0.1) is 0 Å². The molecule has 0 aromatic carbocycles. The van der Waals surface area contributed by atoms with Gasteiger partial charge in [0.25, 0.3) is 0 Å². The molecule has 1 unspecified atom stereocenters. The van der Waals surface area contributed by atoms with Crippen LogP contribution in [0.4, 0.5) is 0 Å². The summed E-state index contributed by atoms with van der Waals surface area (Å²) >= 11 is 0. The zero-order valence-corrected chi connectivity index (χ0v) is 12.9. The Balaban J connectivity index is 3.30. The molecule has 17 heavy (non-hydrogen) atoms. The maximum absolute atomic E-state index is 2.45. The van der Waals surface area contributed by atoms with Crippen molar-refractivity contribution in [3.63, 3.8) is 0 Å². The van der Waals surface area contributed by atoms with Gasteiger partial charge in [-0.15, -0.1) is 0 Å². The molecule has 0 aliphatic carbocycles. The minimum absolute atomic E-state index is 0.960. The molecular formula is C17H36. The van der Waals surface area contributed by atoms with Crippen LogP contribution < -0.4 is 0 Å². The van der Waals surface area contributed by atoms with Crippen molar-refractivity contribution in [1.29, 1.82) is 0 Å². The second-order valence-electron chi connectivity index (χ2n) is 5.92. The number of hydrogen-bond acceptors (Lipinski definition) is 0. The molecule has 0 saturated heterocycles. The first-order valence-electron chi connectivity index (χ1n) is 8.24. The van der Waals surface area contributed by atoms with Crippen molar-refractivity contribution in [3.8, 4) is 0 Å². The Morgan fingerprint density at radius 2 is 1.24 bits per heavy atom. The van der Waals surface area contributed by atoms with Crippen LogP contribution in [-0.4, -0.2) is 0 Å². The molecule has 0 heterocycles. The molecule has 1 atom stereocenters. The normalized spacial score (nSPS) is 13.2. The van der Waals surface area contributed by atoms with E-state index in [1.165, 1.54) is 70.6 Å². The second kappa shape index (κ2) is 12.5. The van der Waals surface area contributed by atoms with Crippen LogP contribution in [0, 0.1) is 11.8 Å². The Kier molecular flexibility index (Phi) is 12.5. The molecule has 0 aromatic rings. The van der Waals surface area contributed by atoms with Crippen LogP contribution >= 0.6 is 0 Å². The standard InChI is InChI=1S/C17H36/c1-5-8-9-10-11-12-13-16(4)14-15-17(6-2)7-3/h16-17H,5-15H2,1-4H3. The summed E-state index contributed by atoms with van der Waals surface area (Å²) in [7, 11) is 0. The molecule has 0 aromatic heterocycles. The third-order valence-corrected chi connectivity index (χ3v) is 4.27. The zero-order valence-electron chi connectivity index (χ0n) is 12.9. The molecule has 0 N–H and O–H groups in total. The van der Waals surface area contributed by atoms with Crippen molar-refractivity contribution < 1.29 is 0 Å². The number of unbranched alkanes of at least 4 members (excludes halogenated alkanes) is 5. The van der Waals surface area contributed by atoms with Gasteiger partial charge < -0.3 is 0 Å². The zero-order chi connectivity index (χ0) is 12.9. The van der Waals surface area contributed by atoms with Gasteiger partial charge in [-0.05, 0) is 11.8 Å². The van der Waals surface area contributed by atoms with Crippen LogP contribution in [0.3, 0.4) is 0 Å². The molecule has 0 saturated carbocycles. The molecule has 0 amide bonds. The first-order chi connectivity index (χ1) is 8.24. The van der Waals surface area contributed by atoms with Crippen molar-refractivity contribution >= 4 is 0 Å².